The summed E-state index contributed by atoms with van der Waals surface area (Å²) in [6.07, 6.45) is 2.04. The molecule has 0 radical (unpaired) electrons. The van der Waals surface area contributed by atoms with Crippen LogP contribution < -0.4 is 4.74 Å². The average molecular weight is 457 g/mol. The number of carbonyl (C=O) groups excluding carboxylic acids is 2. The maximum absolute atomic E-state index is 12.9. The minimum absolute atomic E-state index is 0.258. The van der Waals surface area contributed by atoms with Gasteiger partial charge in [0.15, 0.2) is 6.61 Å². The zero-order valence-electron chi connectivity index (χ0n) is 18.9. The lowest BCUT2D eigenvalue weighted by Crippen LogP contribution is -2.14. The van der Waals surface area contributed by atoms with E-state index in [1.165, 1.54) is 0 Å². The molecule has 8 heteroatoms. The molecule has 0 spiro atoms. The first kappa shape index (κ1) is 22.8. The number of ether oxygens (including phenoxy) is 2. The highest BCUT2D eigenvalue weighted by atomic mass is 16.5. The van der Waals surface area contributed by atoms with Crippen LogP contribution in [0.15, 0.2) is 59.3 Å². The first-order chi connectivity index (χ1) is 16.5. The van der Waals surface area contributed by atoms with E-state index in [0.717, 1.165) is 22.2 Å². The fourth-order valence-electron chi connectivity index (χ4n) is 3.69. The third kappa shape index (κ3) is 4.84. The van der Waals surface area contributed by atoms with Crippen molar-refractivity contribution in [2.24, 2.45) is 0 Å². The van der Waals surface area contributed by atoms with E-state index in [1.807, 2.05) is 42.7 Å². The van der Waals surface area contributed by atoms with E-state index in [-0.39, 0.29) is 18.0 Å². The van der Waals surface area contributed by atoms with E-state index in [1.54, 1.807) is 30.5 Å². The monoisotopic (exact) mass is 457 g/mol. The Bertz CT molecular complexity index is 1370. The van der Waals surface area contributed by atoms with Gasteiger partial charge < -0.3 is 18.6 Å². The number of benzene rings is 2. The molecule has 34 heavy (non-hydrogen) atoms. The number of aromatic nitrogens is 2. The number of ketones is 1. The molecular formula is C26H23N3O5. The number of esters is 1. The molecule has 0 N–H and O–H groups in total. The predicted octanol–water partition coefficient (Wildman–Crippen LogP) is 4.78. The minimum Gasteiger partial charge on any atom is -0.489 e. The summed E-state index contributed by atoms with van der Waals surface area (Å²) in [5.74, 6) is 0.234. The fraction of sp³-hybridized carbons (Fsp3) is 0.231. The first-order valence-electron chi connectivity index (χ1n) is 10.8. The highest BCUT2D eigenvalue weighted by Gasteiger charge is 2.18. The van der Waals surface area contributed by atoms with Crippen LogP contribution in [0.4, 0.5) is 0 Å². The number of nitriles is 1. The zero-order valence-corrected chi connectivity index (χ0v) is 18.9. The van der Waals surface area contributed by atoms with Crippen molar-refractivity contribution in [3.63, 3.8) is 0 Å². The second-order valence-corrected chi connectivity index (χ2v) is 7.78. The Kier molecular flexibility index (Phi) is 6.74. The third-order valence-electron chi connectivity index (χ3n) is 5.52. The highest BCUT2D eigenvalue weighted by molar-refractivity contribution is 6.09. The lowest BCUT2D eigenvalue weighted by molar-refractivity contribution is 0.0474. The van der Waals surface area contributed by atoms with Crippen LogP contribution >= 0.6 is 0 Å². The number of hydrogen-bond donors (Lipinski definition) is 0. The zero-order chi connectivity index (χ0) is 24.1. The number of para-hydroxylation sites is 1. The van der Waals surface area contributed by atoms with Gasteiger partial charge in [-0.1, -0.05) is 29.4 Å². The van der Waals surface area contributed by atoms with Crippen LogP contribution in [0.3, 0.4) is 0 Å². The summed E-state index contributed by atoms with van der Waals surface area (Å²) in [6, 6.07) is 16.1. The number of Topliss-reactive ketones (excluding diaryl/α,β-unsaturated/α-hetero) is 1. The molecule has 2 aromatic carbocycles. The minimum atomic E-state index is -0.621. The molecule has 0 saturated carbocycles. The summed E-state index contributed by atoms with van der Waals surface area (Å²) in [7, 11) is 0. The van der Waals surface area contributed by atoms with Crippen molar-refractivity contribution >= 4 is 22.7 Å². The molecule has 0 aliphatic rings. The Hall–Kier alpha value is -4.38. The van der Waals surface area contributed by atoms with E-state index in [2.05, 4.69) is 11.2 Å². The van der Waals surface area contributed by atoms with Crippen molar-refractivity contribution in [3.8, 4) is 11.8 Å². The van der Waals surface area contributed by atoms with Crippen LogP contribution in [0, 0.1) is 25.2 Å². The molecule has 0 aliphatic heterocycles. The third-order valence-corrected chi connectivity index (χ3v) is 5.52. The maximum Gasteiger partial charge on any atom is 0.338 e. The lowest BCUT2D eigenvalue weighted by Gasteiger charge is -2.08. The molecule has 2 aromatic heterocycles. The second kappa shape index (κ2) is 10.0. The van der Waals surface area contributed by atoms with Gasteiger partial charge in [0.1, 0.15) is 18.1 Å². The molecule has 0 unspecified atom stereocenters. The SMILES string of the molecule is Cc1noc(C)c1COc1cccc(C(=O)OCC(=O)c2cn(CCC#N)c3ccccc23)c1. The van der Waals surface area contributed by atoms with Gasteiger partial charge in [-0.3, -0.25) is 4.79 Å². The van der Waals surface area contributed by atoms with Crippen molar-refractivity contribution < 1.29 is 23.6 Å². The van der Waals surface area contributed by atoms with Gasteiger partial charge in [0.05, 0.1) is 29.3 Å². The number of carbonyl (C=O) groups is 2. The van der Waals surface area contributed by atoms with Crippen LogP contribution in [0.1, 0.15) is 44.2 Å². The molecule has 172 valence electrons. The van der Waals surface area contributed by atoms with Crippen molar-refractivity contribution in [1.29, 1.82) is 5.26 Å². The topological polar surface area (TPSA) is 107 Å². The molecule has 2 heterocycles. The lowest BCUT2D eigenvalue weighted by atomic mass is 10.1. The molecule has 0 saturated heterocycles. The number of aryl methyl sites for hydroxylation is 3. The summed E-state index contributed by atoms with van der Waals surface area (Å²) in [6.45, 7) is 3.99. The van der Waals surface area contributed by atoms with Gasteiger partial charge in [0.2, 0.25) is 5.78 Å². The molecule has 0 bridgehead atoms. The summed E-state index contributed by atoms with van der Waals surface area (Å²) in [5, 5.41) is 13.5. The smallest absolute Gasteiger partial charge is 0.338 e. The summed E-state index contributed by atoms with van der Waals surface area (Å²) in [4.78, 5) is 25.4. The van der Waals surface area contributed by atoms with E-state index in [0.29, 0.717) is 30.0 Å². The predicted molar refractivity (Wildman–Crippen MR) is 124 cm³/mol. The van der Waals surface area contributed by atoms with Crippen LogP contribution in [0.5, 0.6) is 5.75 Å². The molecule has 8 nitrogen and oxygen atoms in total. The molecule has 0 amide bonds. The van der Waals surface area contributed by atoms with Crippen LogP contribution in [-0.4, -0.2) is 28.1 Å². The first-order valence-corrected chi connectivity index (χ1v) is 10.8. The van der Waals surface area contributed by atoms with Gasteiger partial charge in [-0.25, -0.2) is 4.79 Å². The normalized spacial score (nSPS) is 10.7. The standard InChI is InChI=1S/C26H23N3O5/c1-17-23(18(2)34-28-17)15-32-20-8-5-7-19(13-20)26(31)33-16-25(30)22-14-29(12-6-11-27)24-10-4-3-9-21(22)24/h3-5,7-10,13-14H,6,12,15-16H2,1-2H3. The molecule has 0 atom stereocenters. The molecule has 0 fully saturated rings. The van der Waals surface area contributed by atoms with Crippen molar-refractivity contribution in [3.05, 3.63) is 82.9 Å². The highest BCUT2D eigenvalue weighted by Crippen LogP contribution is 2.23. The number of fused-ring (bicyclic) bond motifs is 1. The van der Waals surface area contributed by atoms with Gasteiger partial charge in [-0.05, 0) is 38.1 Å². The Labute approximate surface area is 196 Å². The van der Waals surface area contributed by atoms with Crippen molar-refractivity contribution in [1.82, 2.24) is 9.72 Å². The van der Waals surface area contributed by atoms with Crippen molar-refractivity contribution in [2.75, 3.05) is 6.61 Å². The summed E-state index contributed by atoms with van der Waals surface area (Å²) in [5.41, 5.74) is 3.20. The van der Waals surface area contributed by atoms with E-state index in [9.17, 15) is 9.59 Å². The Morgan fingerprint density at radius 3 is 2.74 bits per heavy atom. The van der Waals surface area contributed by atoms with E-state index >= 15 is 0 Å². The Morgan fingerprint density at radius 1 is 1.15 bits per heavy atom. The fourth-order valence-corrected chi connectivity index (χ4v) is 3.69. The number of nitrogens with zero attached hydrogens (tertiary/aromatic N) is 3. The van der Waals surface area contributed by atoms with Gasteiger partial charge in [-0.2, -0.15) is 5.26 Å². The maximum atomic E-state index is 12.9. The Balaban J connectivity index is 1.42. The molecular weight excluding hydrogens is 434 g/mol. The summed E-state index contributed by atoms with van der Waals surface area (Å²) < 4.78 is 18.1. The average Bonchev–Trinajstić information content (AvgIpc) is 3.39. The van der Waals surface area contributed by atoms with E-state index < -0.39 is 12.6 Å². The molecule has 4 rings (SSSR count). The van der Waals surface area contributed by atoms with E-state index in [4.69, 9.17) is 19.3 Å². The second-order valence-electron chi connectivity index (χ2n) is 7.78. The van der Waals surface area contributed by atoms with Gasteiger partial charge in [-0.15, -0.1) is 0 Å². The van der Waals surface area contributed by atoms with Crippen LogP contribution in [0.2, 0.25) is 0 Å². The number of rotatable bonds is 9. The summed E-state index contributed by atoms with van der Waals surface area (Å²) >= 11 is 0. The quantitative estimate of drug-likeness (QED) is 0.263. The molecule has 4 aromatic rings. The van der Waals surface area contributed by atoms with Crippen LogP contribution in [-0.2, 0) is 17.9 Å². The molecule has 0 aliphatic carbocycles. The largest absolute Gasteiger partial charge is 0.489 e. The Morgan fingerprint density at radius 2 is 1.97 bits per heavy atom. The van der Waals surface area contributed by atoms with Gasteiger partial charge in [0, 0.05) is 29.2 Å². The van der Waals surface area contributed by atoms with Crippen LogP contribution in [0.25, 0.3) is 10.9 Å². The van der Waals surface area contributed by atoms with Gasteiger partial charge in [0.25, 0.3) is 0 Å². The van der Waals surface area contributed by atoms with Crippen molar-refractivity contribution in [2.45, 2.75) is 33.4 Å². The van der Waals surface area contributed by atoms with Gasteiger partial charge >= 0.3 is 5.97 Å². The number of hydrogen-bond acceptors (Lipinski definition) is 7.